The number of hydrogen-bond acceptors (Lipinski definition) is 6. The van der Waals surface area contributed by atoms with Crippen LogP contribution in [0.5, 0.6) is 17.2 Å². The highest BCUT2D eigenvalue weighted by atomic mass is 32.1. The van der Waals surface area contributed by atoms with E-state index in [4.69, 9.17) is 9.47 Å². The van der Waals surface area contributed by atoms with Crippen LogP contribution in [0.1, 0.15) is 36.5 Å². The maximum Gasteiger partial charge on any atom is 0.119 e. The molecule has 6 heteroatoms. The number of hydrogen-bond donors (Lipinski definition) is 3. The van der Waals surface area contributed by atoms with E-state index in [1.54, 1.807) is 24.3 Å². The maximum absolute atomic E-state index is 11.4. The average Bonchev–Trinajstić information content (AvgIpc) is 3.22. The van der Waals surface area contributed by atoms with Gasteiger partial charge in [0.05, 0.1) is 6.10 Å². The zero-order valence-corrected chi connectivity index (χ0v) is 18.9. The Bertz CT molecular complexity index is 1220. The standard InChI is InChI=1S/C27H26O5S/c28-19-8-4-18(5-9-19)27-25(23-13-10-20(29)15-24(23)33-27)26(30)17-6-11-21(12-7-17)32-16-22-3-1-2-14-31-22/h4-13,15,22,26,28-30H,1-3,14,16H2. The Morgan fingerprint density at radius 3 is 2.42 bits per heavy atom. The lowest BCUT2D eigenvalue weighted by Gasteiger charge is -2.22. The normalized spacial score (nSPS) is 17.2. The molecule has 0 spiro atoms. The topological polar surface area (TPSA) is 79.2 Å². The quantitative estimate of drug-likeness (QED) is 0.327. The van der Waals surface area contributed by atoms with E-state index in [1.165, 1.54) is 17.8 Å². The Kier molecular flexibility index (Phi) is 6.22. The van der Waals surface area contributed by atoms with Gasteiger partial charge in [0.25, 0.3) is 0 Å². The molecule has 170 valence electrons. The SMILES string of the molecule is Oc1ccc(-c2sc3cc(O)ccc3c2C(O)c2ccc(OCC3CCCCO3)cc2)cc1. The van der Waals surface area contributed by atoms with E-state index in [2.05, 4.69) is 0 Å². The number of aromatic hydroxyl groups is 2. The van der Waals surface area contributed by atoms with E-state index in [1.807, 2.05) is 42.5 Å². The van der Waals surface area contributed by atoms with Gasteiger partial charge in [-0.25, -0.2) is 0 Å². The van der Waals surface area contributed by atoms with Crippen molar-refractivity contribution >= 4 is 21.4 Å². The number of benzene rings is 3. The van der Waals surface area contributed by atoms with Crippen LogP contribution in [0.2, 0.25) is 0 Å². The third-order valence-corrected chi connectivity index (χ3v) is 7.24. The third kappa shape index (κ3) is 4.69. The van der Waals surface area contributed by atoms with E-state index in [9.17, 15) is 15.3 Å². The summed E-state index contributed by atoms with van der Waals surface area (Å²) in [5.41, 5.74) is 2.43. The van der Waals surface area contributed by atoms with Crippen molar-refractivity contribution in [1.82, 2.24) is 0 Å². The molecule has 1 aromatic heterocycles. The summed E-state index contributed by atoms with van der Waals surface area (Å²) in [6.45, 7) is 1.33. The van der Waals surface area contributed by atoms with Gasteiger partial charge in [-0.05, 0) is 90.4 Å². The summed E-state index contributed by atoms with van der Waals surface area (Å²) in [6, 6.07) is 19.6. The molecule has 0 radical (unpaired) electrons. The molecule has 0 saturated carbocycles. The predicted octanol–water partition coefficient (Wildman–Crippen LogP) is 6.01. The molecule has 2 unspecified atom stereocenters. The highest BCUT2D eigenvalue weighted by Crippen LogP contribution is 2.45. The van der Waals surface area contributed by atoms with E-state index in [0.717, 1.165) is 56.9 Å². The van der Waals surface area contributed by atoms with Crippen molar-refractivity contribution in [3.63, 3.8) is 0 Å². The molecule has 2 heterocycles. The number of fused-ring (bicyclic) bond motifs is 1. The van der Waals surface area contributed by atoms with Crippen LogP contribution in [0, 0.1) is 0 Å². The molecular formula is C27H26O5S. The lowest BCUT2D eigenvalue weighted by Crippen LogP contribution is -2.25. The van der Waals surface area contributed by atoms with Crippen LogP contribution >= 0.6 is 11.3 Å². The van der Waals surface area contributed by atoms with Gasteiger partial charge in [0, 0.05) is 21.7 Å². The van der Waals surface area contributed by atoms with Gasteiger partial charge < -0.3 is 24.8 Å². The molecule has 4 aromatic rings. The van der Waals surface area contributed by atoms with Gasteiger partial charge in [-0.2, -0.15) is 0 Å². The van der Waals surface area contributed by atoms with Crippen molar-refractivity contribution in [1.29, 1.82) is 0 Å². The number of rotatable bonds is 6. The summed E-state index contributed by atoms with van der Waals surface area (Å²) in [5, 5.41) is 31.9. The van der Waals surface area contributed by atoms with Crippen molar-refractivity contribution in [2.24, 2.45) is 0 Å². The fourth-order valence-corrected chi connectivity index (χ4v) is 5.52. The Hall–Kier alpha value is -3.06. The Morgan fingerprint density at radius 2 is 1.70 bits per heavy atom. The maximum atomic E-state index is 11.4. The first-order valence-corrected chi connectivity index (χ1v) is 12.0. The lowest BCUT2D eigenvalue weighted by molar-refractivity contribution is -0.0110. The monoisotopic (exact) mass is 462 g/mol. The van der Waals surface area contributed by atoms with E-state index >= 15 is 0 Å². The van der Waals surface area contributed by atoms with Crippen molar-refractivity contribution in [2.75, 3.05) is 13.2 Å². The molecule has 3 aromatic carbocycles. The highest BCUT2D eigenvalue weighted by molar-refractivity contribution is 7.22. The minimum absolute atomic E-state index is 0.144. The van der Waals surface area contributed by atoms with Crippen LogP contribution in [-0.2, 0) is 4.74 Å². The van der Waals surface area contributed by atoms with Gasteiger partial charge in [0.15, 0.2) is 0 Å². The molecule has 0 aliphatic carbocycles. The van der Waals surface area contributed by atoms with Crippen LogP contribution in [0.15, 0.2) is 66.7 Å². The van der Waals surface area contributed by atoms with Crippen molar-refractivity contribution < 1.29 is 24.8 Å². The molecule has 0 bridgehead atoms. The number of phenolic OH excluding ortho intramolecular Hbond substituents is 2. The Balaban J connectivity index is 1.44. The summed E-state index contributed by atoms with van der Waals surface area (Å²) in [5.74, 6) is 1.12. The van der Waals surface area contributed by atoms with Gasteiger partial charge in [0.2, 0.25) is 0 Å². The van der Waals surface area contributed by atoms with Gasteiger partial charge in [-0.3, -0.25) is 0 Å². The minimum atomic E-state index is -0.858. The number of phenols is 2. The zero-order chi connectivity index (χ0) is 22.8. The number of aliphatic hydroxyl groups excluding tert-OH is 1. The first-order chi connectivity index (χ1) is 16.1. The lowest BCUT2D eigenvalue weighted by atomic mass is 9.96. The number of ether oxygens (including phenoxy) is 2. The molecule has 33 heavy (non-hydrogen) atoms. The van der Waals surface area contributed by atoms with Gasteiger partial charge in [-0.15, -0.1) is 11.3 Å². The number of aliphatic hydroxyl groups is 1. The molecule has 5 rings (SSSR count). The van der Waals surface area contributed by atoms with E-state index in [0.29, 0.717) is 6.61 Å². The molecule has 1 aliphatic heterocycles. The molecule has 1 fully saturated rings. The molecule has 0 amide bonds. The second-order valence-electron chi connectivity index (χ2n) is 8.34. The molecule has 2 atom stereocenters. The molecule has 5 nitrogen and oxygen atoms in total. The minimum Gasteiger partial charge on any atom is -0.508 e. The van der Waals surface area contributed by atoms with Crippen molar-refractivity contribution in [3.05, 3.63) is 77.9 Å². The van der Waals surface area contributed by atoms with Crippen LogP contribution in [0.3, 0.4) is 0 Å². The van der Waals surface area contributed by atoms with Gasteiger partial charge in [-0.1, -0.05) is 12.1 Å². The van der Waals surface area contributed by atoms with Crippen LogP contribution < -0.4 is 4.74 Å². The summed E-state index contributed by atoms with van der Waals surface area (Å²) < 4.78 is 12.5. The van der Waals surface area contributed by atoms with Gasteiger partial charge in [0.1, 0.15) is 30.0 Å². The highest BCUT2D eigenvalue weighted by Gasteiger charge is 2.22. The van der Waals surface area contributed by atoms with Crippen molar-refractivity contribution in [2.45, 2.75) is 31.5 Å². The van der Waals surface area contributed by atoms with Gasteiger partial charge >= 0.3 is 0 Å². The van der Waals surface area contributed by atoms with Crippen LogP contribution in [0.25, 0.3) is 20.5 Å². The van der Waals surface area contributed by atoms with Crippen molar-refractivity contribution in [3.8, 4) is 27.7 Å². The first kappa shape index (κ1) is 21.8. The molecule has 1 saturated heterocycles. The average molecular weight is 463 g/mol. The zero-order valence-electron chi connectivity index (χ0n) is 18.1. The summed E-state index contributed by atoms with van der Waals surface area (Å²) >= 11 is 1.51. The molecular weight excluding hydrogens is 436 g/mol. The fraction of sp³-hybridized carbons (Fsp3) is 0.259. The summed E-state index contributed by atoms with van der Waals surface area (Å²) in [6.07, 6.45) is 2.60. The fourth-order valence-electron chi connectivity index (χ4n) is 4.24. The molecule has 3 N–H and O–H groups in total. The summed E-state index contributed by atoms with van der Waals surface area (Å²) in [7, 11) is 0. The van der Waals surface area contributed by atoms with E-state index < -0.39 is 6.10 Å². The summed E-state index contributed by atoms with van der Waals surface area (Å²) in [4.78, 5) is 0.901. The van der Waals surface area contributed by atoms with E-state index in [-0.39, 0.29) is 17.6 Å². The van der Waals surface area contributed by atoms with Crippen LogP contribution in [-0.4, -0.2) is 34.6 Å². The second kappa shape index (κ2) is 9.43. The molecule has 1 aliphatic rings. The van der Waals surface area contributed by atoms with Crippen LogP contribution in [0.4, 0.5) is 0 Å². The third-order valence-electron chi connectivity index (χ3n) is 6.02. The largest absolute Gasteiger partial charge is 0.508 e. The Labute approximate surface area is 196 Å². The second-order valence-corrected chi connectivity index (χ2v) is 9.40. The Morgan fingerprint density at radius 1 is 0.939 bits per heavy atom. The first-order valence-electron chi connectivity index (χ1n) is 11.2. The smallest absolute Gasteiger partial charge is 0.119 e. The number of thiophene rings is 1. The predicted molar refractivity (Wildman–Crippen MR) is 130 cm³/mol.